The second kappa shape index (κ2) is 2.95. The summed E-state index contributed by atoms with van der Waals surface area (Å²) in [6.45, 7) is 1.26. The molecule has 0 fully saturated rings. The fourth-order valence-corrected chi connectivity index (χ4v) is 1.44. The standard InChI is InChI=1S/C9H5F4N2/c1-5-6(9(10,11)12)2-3-7-8(5)14-4-15(7)13/h2-3H,1H3. The number of nitrogens with zero attached hydrogens (tertiary/aromatic N) is 2. The highest BCUT2D eigenvalue weighted by molar-refractivity contribution is 5.79. The summed E-state index contributed by atoms with van der Waals surface area (Å²) in [4.78, 5) is 3.53. The molecule has 0 N–H and O–H groups in total. The number of aryl methyl sites for hydroxylation is 1. The third kappa shape index (κ3) is 1.45. The molecule has 0 aliphatic carbocycles. The summed E-state index contributed by atoms with van der Waals surface area (Å²) in [5.41, 5.74) is -0.928. The predicted molar refractivity (Wildman–Crippen MR) is 44.8 cm³/mol. The lowest BCUT2D eigenvalue weighted by Gasteiger charge is -2.09. The second-order valence-electron chi connectivity index (χ2n) is 3.10. The third-order valence-electron chi connectivity index (χ3n) is 2.18. The van der Waals surface area contributed by atoms with Crippen LogP contribution in [0, 0.1) is 13.3 Å². The molecule has 6 heteroatoms. The van der Waals surface area contributed by atoms with Gasteiger partial charge in [0.15, 0.2) is 0 Å². The van der Waals surface area contributed by atoms with Crippen LogP contribution < -0.4 is 0 Å². The van der Waals surface area contributed by atoms with Crippen molar-refractivity contribution >= 4 is 11.0 Å². The van der Waals surface area contributed by atoms with Gasteiger partial charge in [-0.15, -0.1) is 0 Å². The van der Waals surface area contributed by atoms with Crippen molar-refractivity contribution < 1.29 is 17.7 Å². The fraction of sp³-hybridized carbons (Fsp3) is 0.222. The molecule has 0 aliphatic heterocycles. The molecule has 0 bridgehead atoms. The first-order chi connectivity index (χ1) is 6.91. The van der Waals surface area contributed by atoms with Gasteiger partial charge in [-0.2, -0.15) is 18.0 Å². The number of imidazole rings is 1. The number of benzene rings is 1. The Balaban J connectivity index is 2.77. The first-order valence-electron chi connectivity index (χ1n) is 4.04. The molecule has 2 rings (SSSR count). The van der Waals surface area contributed by atoms with Crippen LogP contribution in [0.4, 0.5) is 17.7 Å². The van der Waals surface area contributed by atoms with Crippen LogP contribution >= 0.6 is 0 Å². The van der Waals surface area contributed by atoms with Crippen LogP contribution in [0.15, 0.2) is 12.1 Å². The molecule has 15 heavy (non-hydrogen) atoms. The van der Waals surface area contributed by atoms with Crippen LogP contribution in [0.3, 0.4) is 0 Å². The highest BCUT2D eigenvalue weighted by Gasteiger charge is 2.33. The van der Waals surface area contributed by atoms with E-state index >= 15 is 0 Å². The molecule has 0 amide bonds. The van der Waals surface area contributed by atoms with Crippen LogP contribution in [0.5, 0.6) is 0 Å². The van der Waals surface area contributed by atoms with Crippen molar-refractivity contribution in [2.45, 2.75) is 13.1 Å². The van der Waals surface area contributed by atoms with E-state index in [2.05, 4.69) is 4.98 Å². The second-order valence-corrected chi connectivity index (χ2v) is 3.10. The van der Waals surface area contributed by atoms with Gasteiger partial charge >= 0.3 is 6.18 Å². The minimum absolute atomic E-state index is 0.0134. The number of hydrogen-bond donors (Lipinski definition) is 0. The lowest BCUT2D eigenvalue weighted by molar-refractivity contribution is -0.137. The molecule has 0 unspecified atom stereocenters. The van der Waals surface area contributed by atoms with Crippen LogP contribution in [0.1, 0.15) is 11.1 Å². The number of fused-ring (bicyclic) bond motifs is 1. The van der Waals surface area contributed by atoms with E-state index in [1.54, 1.807) is 0 Å². The number of alkyl halides is 3. The molecule has 1 radical (unpaired) electrons. The van der Waals surface area contributed by atoms with E-state index in [-0.39, 0.29) is 21.4 Å². The van der Waals surface area contributed by atoms with E-state index in [9.17, 15) is 17.7 Å². The summed E-state index contributed by atoms with van der Waals surface area (Å²) < 4.78 is 50.2. The van der Waals surface area contributed by atoms with Gasteiger partial charge in [-0.1, -0.05) is 4.48 Å². The smallest absolute Gasteiger partial charge is 0.223 e. The summed E-state index contributed by atoms with van der Waals surface area (Å²) in [5.74, 6) is 0. The summed E-state index contributed by atoms with van der Waals surface area (Å²) in [6.07, 6.45) is -2.52. The number of halogens is 4. The predicted octanol–water partition coefficient (Wildman–Crippen LogP) is 2.90. The summed E-state index contributed by atoms with van der Waals surface area (Å²) in [5, 5.41) is 0. The molecule has 1 heterocycles. The van der Waals surface area contributed by atoms with Crippen molar-refractivity contribution in [3.8, 4) is 0 Å². The Kier molecular flexibility index (Phi) is 1.95. The van der Waals surface area contributed by atoms with Crippen molar-refractivity contribution in [3.05, 3.63) is 29.6 Å². The Hall–Kier alpha value is -1.59. The van der Waals surface area contributed by atoms with Crippen LogP contribution in [-0.2, 0) is 6.18 Å². The quantitative estimate of drug-likeness (QED) is 0.620. The highest BCUT2D eigenvalue weighted by Crippen LogP contribution is 2.34. The SMILES string of the molecule is Cc1c(C(F)(F)F)ccc2c1n[c]n2F. The van der Waals surface area contributed by atoms with E-state index in [4.69, 9.17) is 0 Å². The Morgan fingerprint density at radius 3 is 2.60 bits per heavy atom. The maximum absolute atomic E-state index is 12.9. The van der Waals surface area contributed by atoms with Crippen molar-refractivity contribution in [1.29, 1.82) is 0 Å². The normalized spacial score (nSPS) is 12.3. The maximum Gasteiger partial charge on any atom is 0.416 e. The number of hydrogen-bond acceptors (Lipinski definition) is 1. The minimum Gasteiger partial charge on any atom is -0.223 e. The number of rotatable bonds is 0. The molecule has 0 aliphatic rings. The molecule has 1 aromatic heterocycles. The van der Waals surface area contributed by atoms with Gasteiger partial charge in [0.2, 0.25) is 6.33 Å². The lowest BCUT2D eigenvalue weighted by atomic mass is 10.1. The van der Waals surface area contributed by atoms with Crippen LogP contribution in [0.2, 0.25) is 0 Å². The summed E-state index contributed by atoms with van der Waals surface area (Å²) >= 11 is 0. The molecule has 79 valence electrons. The molecular weight excluding hydrogens is 212 g/mol. The first-order valence-corrected chi connectivity index (χ1v) is 4.04. The highest BCUT2D eigenvalue weighted by atomic mass is 19.4. The Labute approximate surface area is 82.1 Å². The van der Waals surface area contributed by atoms with Crippen molar-refractivity contribution in [3.63, 3.8) is 0 Å². The largest absolute Gasteiger partial charge is 0.416 e. The third-order valence-corrected chi connectivity index (χ3v) is 2.18. The van der Waals surface area contributed by atoms with Gasteiger partial charge in [0.05, 0.1) is 11.1 Å². The zero-order valence-corrected chi connectivity index (χ0v) is 7.56. The van der Waals surface area contributed by atoms with Crippen LogP contribution in [0.25, 0.3) is 11.0 Å². The van der Waals surface area contributed by atoms with Gasteiger partial charge in [-0.25, -0.2) is 4.98 Å². The van der Waals surface area contributed by atoms with Crippen LogP contribution in [-0.4, -0.2) is 9.77 Å². The zero-order valence-electron chi connectivity index (χ0n) is 7.56. The molecule has 0 atom stereocenters. The van der Waals surface area contributed by atoms with E-state index in [1.807, 2.05) is 6.33 Å². The van der Waals surface area contributed by atoms with E-state index in [1.165, 1.54) is 6.92 Å². The minimum atomic E-state index is -4.45. The average Bonchev–Trinajstić information content (AvgIpc) is 2.47. The molecule has 2 aromatic rings. The molecule has 0 spiro atoms. The van der Waals surface area contributed by atoms with Gasteiger partial charge < -0.3 is 0 Å². The molecule has 1 aromatic carbocycles. The van der Waals surface area contributed by atoms with E-state index < -0.39 is 11.7 Å². The van der Waals surface area contributed by atoms with Gasteiger partial charge in [0.25, 0.3) is 0 Å². The van der Waals surface area contributed by atoms with Gasteiger partial charge in [-0.05, 0) is 24.6 Å². The monoisotopic (exact) mass is 217 g/mol. The topological polar surface area (TPSA) is 17.8 Å². The molecule has 2 nitrogen and oxygen atoms in total. The van der Waals surface area contributed by atoms with Gasteiger partial charge in [-0.3, -0.25) is 0 Å². The van der Waals surface area contributed by atoms with Gasteiger partial charge in [0, 0.05) is 0 Å². The van der Waals surface area contributed by atoms with Crippen molar-refractivity contribution in [2.75, 3.05) is 0 Å². The molecule has 0 saturated heterocycles. The summed E-state index contributed by atoms with van der Waals surface area (Å²) in [7, 11) is 0. The fourth-order valence-electron chi connectivity index (χ4n) is 1.44. The first kappa shape index (κ1) is 9.95. The summed E-state index contributed by atoms with van der Waals surface area (Å²) in [6, 6.07) is 1.87. The van der Waals surface area contributed by atoms with E-state index in [0.717, 1.165) is 12.1 Å². The molecule has 0 saturated carbocycles. The maximum atomic E-state index is 12.9. The zero-order chi connectivity index (χ0) is 11.2. The van der Waals surface area contributed by atoms with Gasteiger partial charge in [0.1, 0.15) is 5.52 Å². The van der Waals surface area contributed by atoms with E-state index in [0.29, 0.717) is 0 Å². The Bertz CT molecular complexity index is 513. The Morgan fingerprint density at radius 1 is 1.33 bits per heavy atom. The number of aromatic nitrogens is 2. The van der Waals surface area contributed by atoms with Crippen molar-refractivity contribution in [1.82, 2.24) is 9.77 Å². The van der Waals surface area contributed by atoms with Crippen molar-refractivity contribution in [2.24, 2.45) is 0 Å². The Morgan fingerprint density at radius 2 is 2.00 bits per heavy atom. The molecular formula is C9H5F4N2. The lowest BCUT2D eigenvalue weighted by Crippen LogP contribution is -2.07. The average molecular weight is 217 g/mol.